The molecule has 5 nitrogen and oxygen atoms in total. The first-order chi connectivity index (χ1) is 12.6. The minimum absolute atomic E-state index is 0.206. The van der Waals surface area contributed by atoms with Crippen molar-refractivity contribution in [2.45, 2.75) is 71.8 Å². The van der Waals surface area contributed by atoms with Gasteiger partial charge in [-0.3, -0.25) is 4.90 Å². The molecule has 2 rings (SSSR count). The SMILES string of the molecule is CC(C)CCC1CN(C(=O)OC(C)(C)C)CC(O)CN1Cc1ccccc1. The number of aliphatic hydroxyl groups is 1. The molecule has 1 N–H and O–H groups in total. The van der Waals surface area contributed by atoms with Gasteiger partial charge in [0.15, 0.2) is 0 Å². The Hall–Kier alpha value is -1.59. The fourth-order valence-electron chi connectivity index (χ4n) is 3.46. The lowest BCUT2D eigenvalue weighted by Crippen LogP contribution is -2.44. The molecule has 0 aliphatic carbocycles. The van der Waals surface area contributed by atoms with Gasteiger partial charge in [0.1, 0.15) is 5.60 Å². The van der Waals surface area contributed by atoms with E-state index in [4.69, 9.17) is 4.74 Å². The van der Waals surface area contributed by atoms with Gasteiger partial charge in [0.2, 0.25) is 0 Å². The Balaban J connectivity index is 2.16. The quantitative estimate of drug-likeness (QED) is 0.847. The average molecular weight is 377 g/mol. The third-order valence-corrected chi connectivity index (χ3v) is 4.78. The normalized spacial score (nSPS) is 22.0. The van der Waals surface area contributed by atoms with Crippen molar-refractivity contribution < 1.29 is 14.6 Å². The van der Waals surface area contributed by atoms with Crippen molar-refractivity contribution >= 4 is 6.09 Å². The third kappa shape index (κ3) is 7.51. The molecule has 1 aliphatic heterocycles. The molecule has 1 fully saturated rings. The predicted molar refractivity (Wildman–Crippen MR) is 109 cm³/mol. The number of aliphatic hydroxyl groups excluding tert-OH is 1. The summed E-state index contributed by atoms with van der Waals surface area (Å²) in [6.45, 7) is 12.3. The van der Waals surface area contributed by atoms with E-state index < -0.39 is 11.7 Å². The first-order valence-corrected chi connectivity index (χ1v) is 10.1. The van der Waals surface area contributed by atoms with Crippen LogP contribution in [-0.2, 0) is 11.3 Å². The van der Waals surface area contributed by atoms with Gasteiger partial charge in [0.25, 0.3) is 0 Å². The fourth-order valence-corrected chi connectivity index (χ4v) is 3.46. The van der Waals surface area contributed by atoms with E-state index >= 15 is 0 Å². The molecule has 0 aromatic heterocycles. The predicted octanol–water partition coefficient (Wildman–Crippen LogP) is 3.91. The highest BCUT2D eigenvalue weighted by molar-refractivity contribution is 5.68. The van der Waals surface area contributed by atoms with E-state index in [-0.39, 0.29) is 12.1 Å². The highest BCUT2D eigenvalue weighted by Gasteiger charge is 2.33. The van der Waals surface area contributed by atoms with Crippen molar-refractivity contribution in [3.8, 4) is 0 Å². The Labute approximate surface area is 164 Å². The van der Waals surface area contributed by atoms with Gasteiger partial charge in [-0.25, -0.2) is 4.79 Å². The van der Waals surface area contributed by atoms with Crippen LogP contribution in [0.2, 0.25) is 0 Å². The summed E-state index contributed by atoms with van der Waals surface area (Å²) >= 11 is 0. The van der Waals surface area contributed by atoms with E-state index in [1.54, 1.807) is 4.90 Å². The van der Waals surface area contributed by atoms with Crippen molar-refractivity contribution in [1.82, 2.24) is 9.80 Å². The lowest BCUT2D eigenvalue weighted by molar-refractivity contribution is 0.0173. The number of carbonyl (C=O) groups excluding carboxylic acids is 1. The molecule has 1 aromatic rings. The monoisotopic (exact) mass is 376 g/mol. The Morgan fingerprint density at radius 1 is 1.19 bits per heavy atom. The maximum absolute atomic E-state index is 12.6. The third-order valence-electron chi connectivity index (χ3n) is 4.78. The van der Waals surface area contributed by atoms with Crippen LogP contribution in [0.3, 0.4) is 0 Å². The standard InChI is InChI=1S/C22H36N2O3/c1-17(2)11-12-19-14-24(21(26)27-22(3,4)5)16-20(25)15-23(19)13-18-9-7-6-8-10-18/h6-10,17,19-20,25H,11-16H2,1-5H3. The van der Waals surface area contributed by atoms with Gasteiger partial charge in [-0.2, -0.15) is 0 Å². The van der Waals surface area contributed by atoms with Crippen LogP contribution in [0.25, 0.3) is 0 Å². The van der Waals surface area contributed by atoms with Crippen molar-refractivity contribution in [1.29, 1.82) is 0 Å². The van der Waals surface area contributed by atoms with Crippen LogP contribution >= 0.6 is 0 Å². The van der Waals surface area contributed by atoms with Crippen LogP contribution in [0.15, 0.2) is 30.3 Å². The van der Waals surface area contributed by atoms with E-state index in [9.17, 15) is 9.90 Å². The zero-order valence-electron chi connectivity index (χ0n) is 17.5. The molecule has 0 spiro atoms. The molecular formula is C22H36N2O3. The van der Waals surface area contributed by atoms with Crippen molar-refractivity contribution in [2.24, 2.45) is 5.92 Å². The van der Waals surface area contributed by atoms with E-state index in [0.29, 0.717) is 25.6 Å². The van der Waals surface area contributed by atoms with Crippen LogP contribution in [-0.4, -0.2) is 58.4 Å². The molecule has 1 saturated heterocycles. The highest BCUT2D eigenvalue weighted by Crippen LogP contribution is 2.21. The second kappa shape index (κ2) is 9.56. The first kappa shape index (κ1) is 21.7. The molecule has 2 unspecified atom stereocenters. The van der Waals surface area contributed by atoms with E-state index in [0.717, 1.165) is 19.4 Å². The average Bonchev–Trinajstić information content (AvgIpc) is 2.71. The summed E-state index contributed by atoms with van der Waals surface area (Å²) in [6, 6.07) is 10.5. The maximum Gasteiger partial charge on any atom is 0.410 e. The van der Waals surface area contributed by atoms with E-state index in [1.807, 2.05) is 39.0 Å². The summed E-state index contributed by atoms with van der Waals surface area (Å²) < 4.78 is 5.57. The summed E-state index contributed by atoms with van der Waals surface area (Å²) in [6.07, 6.45) is 1.17. The lowest BCUT2D eigenvalue weighted by atomic mass is 10.0. The molecule has 0 radical (unpaired) electrons. The second-order valence-electron chi connectivity index (χ2n) is 9.08. The molecule has 0 bridgehead atoms. The van der Waals surface area contributed by atoms with Gasteiger partial charge in [-0.05, 0) is 45.1 Å². The molecule has 1 aromatic carbocycles. The minimum atomic E-state index is -0.578. The van der Waals surface area contributed by atoms with Crippen LogP contribution in [0, 0.1) is 5.92 Å². The molecule has 1 amide bonds. The van der Waals surface area contributed by atoms with Gasteiger partial charge in [0.05, 0.1) is 12.6 Å². The second-order valence-corrected chi connectivity index (χ2v) is 9.08. The highest BCUT2D eigenvalue weighted by atomic mass is 16.6. The van der Waals surface area contributed by atoms with Crippen molar-refractivity contribution in [3.63, 3.8) is 0 Å². The molecule has 1 aliphatic rings. The summed E-state index contributed by atoms with van der Waals surface area (Å²) in [5.41, 5.74) is 0.691. The number of ether oxygens (including phenoxy) is 1. The summed E-state index contributed by atoms with van der Waals surface area (Å²) in [4.78, 5) is 16.6. The van der Waals surface area contributed by atoms with Gasteiger partial charge in [-0.15, -0.1) is 0 Å². The number of rotatable bonds is 5. The van der Waals surface area contributed by atoms with Crippen molar-refractivity contribution in [2.75, 3.05) is 19.6 Å². The van der Waals surface area contributed by atoms with Gasteiger partial charge < -0.3 is 14.7 Å². The molecular weight excluding hydrogens is 340 g/mol. The van der Waals surface area contributed by atoms with Crippen LogP contribution in [0.5, 0.6) is 0 Å². The van der Waals surface area contributed by atoms with Gasteiger partial charge in [0, 0.05) is 25.7 Å². The fraction of sp³-hybridized carbons (Fsp3) is 0.682. The topological polar surface area (TPSA) is 53.0 Å². The largest absolute Gasteiger partial charge is 0.444 e. The number of benzene rings is 1. The summed E-state index contributed by atoms with van der Waals surface area (Å²) in [7, 11) is 0. The number of carbonyl (C=O) groups is 1. The number of hydrogen-bond donors (Lipinski definition) is 1. The zero-order valence-corrected chi connectivity index (χ0v) is 17.5. The first-order valence-electron chi connectivity index (χ1n) is 10.1. The zero-order chi connectivity index (χ0) is 20.0. The molecule has 0 saturated carbocycles. The van der Waals surface area contributed by atoms with Gasteiger partial charge in [-0.1, -0.05) is 44.2 Å². The summed E-state index contributed by atoms with van der Waals surface area (Å²) in [5.74, 6) is 0.603. The Kier molecular flexibility index (Phi) is 7.68. The number of amides is 1. The van der Waals surface area contributed by atoms with Crippen LogP contribution in [0.1, 0.15) is 53.0 Å². The maximum atomic E-state index is 12.6. The number of nitrogens with zero attached hydrogens (tertiary/aromatic N) is 2. The van der Waals surface area contributed by atoms with Crippen molar-refractivity contribution in [3.05, 3.63) is 35.9 Å². The Morgan fingerprint density at radius 3 is 2.44 bits per heavy atom. The number of β-amino-alcohol motifs (C(OH)–C–C–N with tert-alkyl or cyclic N) is 1. The Morgan fingerprint density at radius 2 is 1.85 bits per heavy atom. The van der Waals surface area contributed by atoms with Gasteiger partial charge >= 0.3 is 6.09 Å². The van der Waals surface area contributed by atoms with E-state index in [2.05, 4.69) is 30.9 Å². The van der Waals surface area contributed by atoms with E-state index in [1.165, 1.54) is 5.56 Å². The molecule has 2 atom stereocenters. The lowest BCUT2D eigenvalue weighted by Gasteiger charge is -2.33. The minimum Gasteiger partial charge on any atom is -0.444 e. The Bertz CT molecular complexity index is 583. The molecule has 5 heteroatoms. The molecule has 152 valence electrons. The smallest absolute Gasteiger partial charge is 0.410 e. The van der Waals surface area contributed by atoms with Crippen LogP contribution < -0.4 is 0 Å². The summed E-state index contributed by atoms with van der Waals surface area (Å²) in [5, 5.41) is 10.6. The van der Waals surface area contributed by atoms with Crippen LogP contribution in [0.4, 0.5) is 4.79 Å². The molecule has 1 heterocycles. The molecule has 27 heavy (non-hydrogen) atoms. The number of hydrogen-bond acceptors (Lipinski definition) is 4.